The number of anilines is 2. The Labute approximate surface area is 142 Å². The monoisotopic (exact) mass is 369 g/mol. The molecule has 126 valence electrons. The number of nitrogens with one attached hydrogen (secondary N) is 2. The van der Waals surface area contributed by atoms with Crippen LogP contribution in [0.3, 0.4) is 0 Å². The highest BCUT2D eigenvalue weighted by atomic mass is 35.7. The van der Waals surface area contributed by atoms with Crippen LogP contribution in [0.1, 0.15) is 5.56 Å². The zero-order valence-corrected chi connectivity index (χ0v) is 13.9. The van der Waals surface area contributed by atoms with Crippen LogP contribution in [0.4, 0.5) is 21.9 Å². The van der Waals surface area contributed by atoms with E-state index in [2.05, 4.69) is 10.6 Å². The Kier molecular flexibility index (Phi) is 5.05. The van der Waals surface area contributed by atoms with Gasteiger partial charge in [-0.2, -0.15) is 0 Å². The third-order valence-electron chi connectivity index (χ3n) is 3.01. The third kappa shape index (κ3) is 4.43. The smallest absolute Gasteiger partial charge is 0.308 e. The minimum Gasteiger partial charge on any atom is -0.308 e. The number of nitro benzene ring substituents is 1. The fraction of sp³-hybridized carbons (Fsp3) is 0.0714. The molecule has 0 aliphatic carbocycles. The first-order valence-corrected chi connectivity index (χ1v) is 8.85. The number of hydrogen-bond acceptors (Lipinski definition) is 5. The summed E-state index contributed by atoms with van der Waals surface area (Å²) in [6.07, 6.45) is 0. The third-order valence-corrected chi connectivity index (χ3v) is 4.49. The molecule has 0 saturated carbocycles. The molecule has 0 fully saturated rings. The predicted octanol–water partition coefficient (Wildman–Crippen LogP) is 3.47. The van der Waals surface area contributed by atoms with Crippen molar-refractivity contribution < 1.29 is 18.1 Å². The fourth-order valence-corrected chi connectivity index (χ4v) is 3.18. The molecule has 2 aromatic carbocycles. The Morgan fingerprint density at radius 2 is 1.75 bits per heavy atom. The maximum absolute atomic E-state index is 11.9. The Bertz CT molecular complexity index is 914. The fourth-order valence-electron chi connectivity index (χ4n) is 1.99. The Morgan fingerprint density at radius 3 is 2.29 bits per heavy atom. The van der Waals surface area contributed by atoms with E-state index < -0.39 is 20.0 Å². The number of aryl methyl sites for hydroxylation is 1. The maximum Gasteiger partial charge on any atom is 0.323 e. The van der Waals surface area contributed by atoms with Crippen LogP contribution in [0, 0.1) is 17.0 Å². The second-order valence-corrected chi connectivity index (χ2v) is 7.34. The molecule has 0 atom stereocenters. The summed E-state index contributed by atoms with van der Waals surface area (Å²) in [4.78, 5) is 22.0. The van der Waals surface area contributed by atoms with Gasteiger partial charge in [0.05, 0.1) is 9.82 Å². The number of halogens is 1. The van der Waals surface area contributed by atoms with Crippen LogP contribution in [0.15, 0.2) is 47.4 Å². The van der Waals surface area contributed by atoms with Crippen molar-refractivity contribution in [1.82, 2.24) is 0 Å². The first-order valence-electron chi connectivity index (χ1n) is 6.54. The molecule has 24 heavy (non-hydrogen) atoms. The van der Waals surface area contributed by atoms with Crippen LogP contribution in [-0.2, 0) is 9.05 Å². The summed E-state index contributed by atoms with van der Waals surface area (Å²) in [7, 11) is 1.43. The summed E-state index contributed by atoms with van der Waals surface area (Å²) in [6.45, 7) is 1.54. The van der Waals surface area contributed by atoms with Crippen LogP contribution in [-0.4, -0.2) is 19.4 Å². The van der Waals surface area contributed by atoms with Crippen molar-refractivity contribution in [3.63, 3.8) is 0 Å². The van der Waals surface area contributed by atoms with E-state index in [0.717, 1.165) is 0 Å². The van der Waals surface area contributed by atoms with Gasteiger partial charge in [-0.15, -0.1) is 0 Å². The van der Waals surface area contributed by atoms with E-state index in [1.165, 1.54) is 42.5 Å². The molecule has 2 amide bonds. The van der Waals surface area contributed by atoms with Crippen molar-refractivity contribution in [3.05, 3.63) is 58.1 Å². The molecule has 10 heteroatoms. The van der Waals surface area contributed by atoms with Gasteiger partial charge >= 0.3 is 6.03 Å². The average molecular weight is 370 g/mol. The molecule has 2 rings (SSSR count). The summed E-state index contributed by atoms with van der Waals surface area (Å²) >= 11 is 0. The lowest BCUT2D eigenvalue weighted by atomic mass is 10.2. The molecular formula is C14H12ClN3O5S. The largest absolute Gasteiger partial charge is 0.323 e. The molecule has 0 aliphatic rings. The van der Waals surface area contributed by atoms with Gasteiger partial charge in [0.25, 0.3) is 14.7 Å². The molecular weight excluding hydrogens is 358 g/mol. The Hall–Kier alpha value is -2.65. The maximum atomic E-state index is 11.9. The van der Waals surface area contributed by atoms with E-state index in [4.69, 9.17) is 10.7 Å². The number of rotatable bonds is 4. The Morgan fingerprint density at radius 1 is 1.12 bits per heavy atom. The van der Waals surface area contributed by atoms with Gasteiger partial charge in [0, 0.05) is 34.2 Å². The summed E-state index contributed by atoms with van der Waals surface area (Å²) in [5, 5.41) is 15.6. The second kappa shape index (κ2) is 6.85. The molecule has 0 heterocycles. The highest BCUT2D eigenvalue weighted by Crippen LogP contribution is 2.23. The lowest BCUT2D eigenvalue weighted by molar-refractivity contribution is -0.384. The zero-order valence-electron chi connectivity index (χ0n) is 12.3. The van der Waals surface area contributed by atoms with Crippen LogP contribution >= 0.6 is 10.7 Å². The average Bonchev–Trinajstić information content (AvgIpc) is 2.45. The molecule has 8 nitrogen and oxygen atoms in total. The van der Waals surface area contributed by atoms with Crippen molar-refractivity contribution in [2.75, 3.05) is 10.6 Å². The lowest BCUT2D eigenvalue weighted by Gasteiger charge is -2.09. The number of carbonyl (C=O) groups excluding carboxylic acids is 1. The number of amides is 2. The van der Waals surface area contributed by atoms with E-state index in [-0.39, 0.29) is 16.3 Å². The molecule has 0 aromatic heterocycles. The number of nitrogens with zero attached hydrogens (tertiary/aromatic N) is 1. The zero-order chi connectivity index (χ0) is 17.9. The minimum absolute atomic E-state index is 0.0474. The topological polar surface area (TPSA) is 118 Å². The second-order valence-electron chi connectivity index (χ2n) is 4.80. The molecule has 2 N–H and O–H groups in total. The highest BCUT2D eigenvalue weighted by Gasteiger charge is 2.14. The first kappa shape index (κ1) is 17.7. The van der Waals surface area contributed by atoms with Gasteiger partial charge in [-0.3, -0.25) is 10.1 Å². The number of non-ortho nitro benzene ring substituents is 1. The van der Waals surface area contributed by atoms with Crippen molar-refractivity contribution >= 4 is 42.8 Å². The van der Waals surface area contributed by atoms with Crippen molar-refractivity contribution in [2.45, 2.75) is 11.8 Å². The molecule has 2 aromatic rings. The van der Waals surface area contributed by atoms with Crippen LogP contribution in [0.25, 0.3) is 0 Å². The number of urea groups is 1. The molecule has 0 aliphatic heterocycles. The van der Waals surface area contributed by atoms with Crippen LogP contribution in [0.2, 0.25) is 0 Å². The first-order chi connectivity index (χ1) is 11.2. The van der Waals surface area contributed by atoms with Crippen molar-refractivity contribution in [3.8, 4) is 0 Å². The number of hydrogen-bond donors (Lipinski definition) is 2. The molecule has 0 spiro atoms. The quantitative estimate of drug-likeness (QED) is 0.486. The summed E-state index contributed by atoms with van der Waals surface area (Å²) < 4.78 is 22.7. The molecule has 0 bridgehead atoms. The summed E-state index contributed by atoms with van der Waals surface area (Å²) in [6, 6.07) is 8.94. The minimum atomic E-state index is -3.86. The van der Waals surface area contributed by atoms with E-state index in [9.17, 15) is 23.3 Å². The van der Waals surface area contributed by atoms with E-state index in [1.807, 2.05) is 0 Å². The SMILES string of the molecule is Cc1cc(NC(=O)Nc2cccc([N+](=O)[O-])c2)ccc1S(=O)(=O)Cl. The number of nitro groups is 1. The van der Waals surface area contributed by atoms with Crippen LogP contribution < -0.4 is 10.6 Å². The highest BCUT2D eigenvalue weighted by molar-refractivity contribution is 8.13. The molecule has 0 saturated heterocycles. The standard InChI is InChI=1S/C14H12ClN3O5S/c1-9-7-11(5-6-13(9)24(15,22)23)17-14(19)16-10-3-2-4-12(8-10)18(20)21/h2-8H,1H3,(H2,16,17,19). The number of benzene rings is 2. The Balaban J connectivity index is 2.12. The van der Waals surface area contributed by atoms with Gasteiger partial charge < -0.3 is 10.6 Å². The van der Waals surface area contributed by atoms with Gasteiger partial charge in [0.2, 0.25) is 0 Å². The van der Waals surface area contributed by atoms with Gasteiger partial charge in [-0.25, -0.2) is 13.2 Å². The summed E-state index contributed by atoms with van der Waals surface area (Å²) in [5.74, 6) is 0. The predicted molar refractivity (Wildman–Crippen MR) is 90.0 cm³/mol. The lowest BCUT2D eigenvalue weighted by Crippen LogP contribution is -2.19. The van der Waals surface area contributed by atoms with E-state index in [1.54, 1.807) is 6.92 Å². The van der Waals surface area contributed by atoms with Gasteiger partial charge in [-0.1, -0.05) is 6.07 Å². The van der Waals surface area contributed by atoms with Gasteiger partial charge in [0.1, 0.15) is 0 Å². The van der Waals surface area contributed by atoms with E-state index in [0.29, 0.717) is 11.3 Å². The molecule has 0 unspecified atom stereocenters. The van der Waals surface area contributed by atoms with Crippen LogP contribution in [0.5, 0.6) is 0 Å². The van der Waals surface area contributed by atoms with Gasteiger partial charge in [-0.05, 0) is 36.8 Å². The normalized spacial score (nSPS) is 10.9. The summed E-state index contributed by atoms with van der Waals surface area (Å²) in [5.41, 5.74) is 0.816. The number of carbonyl (C=O) groups is 1. The van der Waals surface area contributed by atoms with Gasteiger partial charge in [0.15, 0.2) is 0 Å². The van der Waals surface area contributed by atoms with Crippen molar-refractivity contribution in [2.24, 2.45) is 0 Å². The van der Waals surface area contributed by atoms with E-state index >= 15 is 0 Å². The molecule has 0 radical (unpaired) electrons. The van der Waals surface area contributed by atoms with Crippen molar-refractivity contribution in [1.29, 1.82) is 0 Å².